The first-order chi connectivity index (χ1) is 7.54. The average molecular weight is 225 g/mol. The summed E-state index contributed by atoms with van der Waals surface area (Å²) in [5.41, 5.74) is 0.227. The number of amides is 1. The Balaban J connectivity index is 2.65. The predicted molar refractivity (Wildman–Crippen MR) is 57.0 cm³/mol. The zero-order valence-corrected chi connectivity index (χ0v) is 9.30. The molecule has 6 heteroatoms. The highest BCUT2D eigenvalue weighted by molar-refractivity contribution is 5.94. The van der Waals surface area contributed by atoms with E-state index in [1.807, 2.05) is 6.92 Å². The van der Waals surface area contributed by atoms with Crippen molar-refractivity contribution in [1.82, 2.24) is 15.1 Å². The van der Waals surface area contributed by atoms with Crippen LogP contribution in [0.5, 0.6) is 0 Å². The summed E-state index contributed by atoms with van der Waals surface area (Å²) in [6.07, 6.45) is 2.73. The summed E-state index contributed by atoms with van der Waals surface area (Å²) < 4.78 is 1.49. The van der Waals surface area contributed by atoms with E-state index in [1.165, 1.54) is 4.68 Å². The first-order valence-corrected chi connectivity index (χ1v) is 5.08. The van der Waals surface area contributed by atoms with Gasteiger partial charge in [-0.3, -0.25) is 9.48 Å². The van der Waals surface area contributed by atoms with Crippen molar-refractivity contribution in [3.05, 3.63) is 18.0 Å². The van der Waals surface area contributed by atoms with E-state index in [0.29, 0.717) is 12.8 Å². The molecule has 2 N–H and O–H groups in total. The maximum atomic E-state index is 11.6. The minimum Gasteiger partial charge on any atom is -0.480 e. The third-order valence-corrected chi connectivity index (χ3v) is 2.13. The molecule has 0 aliphatic carbocycles. The number of nitrogens with zero attached hydrogens (tertiary/aromatic N) is 2. The minimum absolute atomic E-state index is 0.227. The molecule has 6 nitrogen and oxygen atoms in total. The van der Waals surface area contributed by atoms with E-state index < -0.39 is 17.9 Å². The Labute approximate surface area is 93.3 Å². The van der Waals surface area contributed by atoms with Crippen LogP contribution in [0.15, 0.2) is 12.3 Å². The summed E-state index contributed by atoms with van der Waals surface area (Å²) in [6.45, 7) is 1.86. The number of aliphatic carboxylic acids is 1. The van der Waals surface area contributed by atoms with Gasteiger partial charge in [-0.05, 0) is 12.5 Å². The molecular formula is C10H15N3O3. The van der Waals surface area contributed by atoms with Gasteiger partial charge in [0.1, 0.15) is 11.7 Å². The lowest BCUT2D eigenvalue weighted by atomic mass is 10.1. The van der Waals surface area contributed by atoms with E-state index in [4.69, 9.17) is 5.11 Å². The maximum Gasteiger partial charge on any atom is 0.326 e. The highest BCUT2D eigenvalue weighted by Gasteiger charge is 2.20. The number of aryl methyl sites for hydroxylation is 1. The van der Waals surface area contributed by atoms with Crippen molar-refractivity contribution in [3.63, 3.8) is 0 Å². The molecule has 88 valence electrons. The summed E-state index contributed by atoms with van der Waals surface area (Å²) in [5, 5.41) is 15.2. The highest BCUT2D eigenvalue weighted by atomic mass is 16.4. The largest absolute Gasteiger partial charge is 0.480 e. The van der Waals surface area contributed by atoms with Gasteiger partial charge in [0.2, 0.25) is 0 Å². The van der Waals surface area contributed by atoms with E-state index >= 15 is 0 Å². The molecule has 1 atom stereocenters. The number of rotatable bonds is 5. The van der Waals surface area contributed by atoms with Crippen LogP contribution < -0.4 is 5.32 Å². The lowest BCUT2D eigenvalue weighted by Gasteiger charge is -2.12. The Kier molecular flexibility index (Phi) is 4.04. The maximum absolute atomic E-state index is 11.6. The molecule has 0 aliphatic rings. The monoisotopic (exact) mass is 225 g/mol. The second-order valence-corrected chi connectivity index (χ2v) is 3.53. The number of carboxylic acid groups (broad SMARTS) is 1. The van der Waals surface area contributed by atoms with Crippen molar-refractivity contribution in [2.24, 2.45) is 7.05 Å². The van der Waals surface area contributed by atoms with Crippen molar-refractivity contribution >= 4 is 11.9 Å². The number of carbonyl (C=O) groups is 2. The zero-order valence-electron chi connectivity index (χ0n) is 9.30. The van der Waals surface area contributed by atoms with E-state index in [1.54, 1.807) is 19.3 Å². The molecule has 0 bridgehead atoms. The van der Waals surface area contributed by atoms with Crippen LogP contribution in [0, 0.1) is 0 Å². The molecule has 0 aliphatic heterocycles. The van der Waals surface area contributed by atoms with Gasteiger partial charge in [0.25, 0.3) is 5.91 Å². The average Bonchev–Trinajstić information content (AvgIpc) is 2.64. The fourth-order valence-electron chi connectivity index (χ4n) is 1.31. The molecular weight excluding hydrogens is 210 g/mol. The van der Waals surface area contributed by atoms with Crippen molar-refractivity contribution in [2.45, 2.75) is 25.8 Å². The lowest BCUT2D eigenvalue weighted by Crippen LogP contribution is -2.40. The molecule has 0 aromatic carbocycles. The molecule has 1 amide bonds. The summed E-state index contributed by atoms with van der Waals surface area (Å²) in [4.78, 5) is 22.4. The van der Waals surface area contributed by atoms with Crippen LogP contribution in [0.4, 0.5) is 0 Å². The summed E-state index contributed by atoms with van der Waals surface area (Å²) in [5.74, 6) is -1.48. The van der Waals surface area contributed by atoms with Crippen LogP contribution >= 0.6 is 0 Å². The third-order valence-electron chi connectivity index (χ3n) is 2.13. The van der Waals surface area contributed by atoms with Gasteiger partial charge in [-0.1, -0.05) is 13.3 Å². The molecule has 0 fully saturated rings. The fourth-order valence-corrected chi connectivity index (χ4v) is 1.31. The Bertz CT molecular complexity index is 386. The Morgan fingerprint density at radius 1 is 1.62 bits per heavy atom. The van der Waals surface area contributed by atoms with E-state index in [-0.39, 0.29) is 5.69 Å². The van der Waals surface area contributed by atoms with Crippen LogP contribution in [0.2, 0.25) is 0 Å². The standard InChI is InChI=1S/C10H15N3O3/c1-3-4-8(10(15)16)11-9(14)7-5-6-13(2)12-7/h5-6,8H,3-4H2,1-2H3,(H,11,14)(H,15,16). The van der Waals surface area contributed by atoms with Crippen molar-refractivity contribution in [2.75, 3.05) is 0 Å². The van der Waals surface area contributed by atoms with E-state index in [9.17, 15) is 9.59 Å². The van der Waals surface area contributed by atoms with Gasteiger partial charge < -0.3 is 10.4 Å². The molecule has 1 rings (SSSR count). The van der Waals surface area contributed by atoms with Crippen LogP contribution in [-0.4, -0.2) is 32.8 Å². The fraction of sp³-hybridized carbons (Fsp3) is 0.500. The zero-order chi connectivity index (χ0) is 12.1. The number of hydrogen-bond donors (Lipinski definition) is 2. The Morgan fingerprint density at radius 3 is 2.75 bits per heavy atom. The van der Waals surface area contributed by atoms with Gasteiger partial charge in [0, 0.05) is 13.2 Å². The number of aromatic nitrogens is 2. The molecule has 1 unspecified atom stereocenters. The quantitative estimate of drug-likeness (QED) is 0.759. The SMILES string of the molecule is CCCC(NC(=O)c1ccn(C)n1)C(=O)O. The second kappa shape index (κ2) is 5.29. The molecule has 1 aromatic rings. The summed E-state index contributed by atoms with van der Waals surface area (Å²) in [6, 6.07) is 0.694. The van der Waals surface area contributed by atoms with Gasteiger partial charge in [-0.15, -0.1) is 0 Å². The minimum atomic E-state index is -1.02. The van der Waals surface area contributed by atoms with Crippen molar-refractivity contribution in [3.8, 4) is 0 Å². The second-order valence-electron chi connectivity index (χ2n) is 3.53. The highest BCUT2D eigenvalue weighted by Crippen LogP contribution is 2.00. The van der Waals surface area contributed by atoms with Gasteiger partial charge in [0.15, 0.2) is 0 Å². The van der Waals surface area contributed by atoms with Gasteiger partial charge in [-0.25, -0.2) is 4.79 Å². The van der Waals surface area contributed by atoms with Crippen LogP contribution in [0.3, 0.4) is 0 Å². The molecule has 0 saturated heterocycles. The molecule has 1 aromatic heterocycles. The normalized spacial score (nSPS) is 12.1. The lowest BCUT2D eigenvalue weighted by molar-refractivity contribution is -0.139. The van der Waals surface area contributed by atoms with Crippen LogP contribution in [0.1, 0.15) is 30.3 Å². The van der Waals surface area contributed by atoms with Gasteiger partial charge >= 0.3 is 5.97 Å². The number of carbonyl (C=O) groups excluding carboxylic acids is 1. The molecule has 16 heavy (non-hydrogen) atoms. The molecule has 0 saturated carbocycles. The first kappa shape index (κ1) is 12.2. The molecule has 0 radical (unpaired) electrons. The molecule has 1 heterocycles. The van der Waals surface area contributed by atoms with Gasteiger partial charge in [0.05, 0.1) is 0 Å². The molecule has 0 spiro atoms. The summed E-state index contributed by atoms with van der Waals surface area (Å²) in [7, 11) is 1.69. The van der Waals surface area contributed by atoms with E-state index in [2.05, 4.69) is 10.4 Å². The smallest absolute Gasteiger partial charge is 0.326 e. The predicted octanol–water partition coefficient (Wildman–Crippen LogP) is 0.403. The summed E-state index contributed by atoms with van der Waals surface area (Å²) >= 11 is 0. The van der Waals surface area contributed by atoms with Crippen molar-refractivity contribution < 1.29 is 14.7 Å². The number of hydrogen-bond acceptors (Lipinski definition) is 3. The topological polar surface area (TPSA) is 84.2 Å². The third kappa shape index (κ3) is 3.08. The van der Waals surface area contributed by atoms with E-state index in [0.717, 1.165) is 0 Å². The first-order valence-electron chi connectivity index (χ1n) is 5.08. The van der Waals surface area contributed by atoms with Gasteiger partial charge in [-0.2, -0.15) is 5.10 Å². The Morgan fingerprint density at radius 2 is 2.31 bits per heavy atom. The number of carboxylic acids is 1. The number of nitrogens with one attached hydrogen (secondary N) is 1. The van der Waals surface area contributed by atoms with Crippen molar-refractivity contribution in [1.29, 1.82) is 0 Å². The van der Waals surface area contributed by atoms with Crippen LogP contribution in [-0.2, 0) is 11.8 Å². The van der Waals surface area contributed by atoms with Crippen LogP contribution in [0.25, 0.3) is 0 Å². The Hall–Kier alpha value is -1.85.